The Morgan fingerprint density at radius 1 is 1.12 bits per heavy atom. The fraction of sp³-hybridized carbons (Fsp3) is 0.500. The quantitative estimate of drug-likeness (QED) is 0.533. The number of amides is 1. The number of hydrogen-bond acceptors (Lipinski definition) is 7. The van der Waals surface area contributed by atoms with E-state index in [1.54, 1.807) is 17.2 Å². The molecule has 2 aromatic heterocycles. The number of nitrogens with zero attached hydrogens (tertiary/aromatic N) is 5. The summed E-state index contributed by atoms with van der Waals surface area (Å²) < 4.78 is 12.9. The Bertz CT molecular complexity index is 1090. The molecule has 1 saturated heterocycles. The molecule has 0 bridgehead atoms. The van der Waals surface area contributed by atoms with Gasteiger partial charge in [-0.15, -0.1) is 0 Å². The minimum Gasteiger partial charge on any atom is -0.490 e. The van der Waals surface area contributed by atoms with Crippen molar-refractivity contribution in [1.29, 1.82) is 0 Å². The lowest BCUT2D eigenvalue weighted by molar-refractivity contribution is -0.121. The smallest absolute Gasteiger partial charge is 0.242 e. The first-order chi connectivity index (χ1) is 16.1. The third kappa shape index (κ3) is 5.35. The Balaban J connectivity index is 1.41. The van der Waals surface area contributed by atoms with Crippen LogP contribution in [0.15, 0.2) is 30.7 Å². The van der Waals surface area contributed by atoms with Crippen molar-refractivity contribution in [1.82, 2.24) is 25.1 Å². The second-order valence-electron chi connectivity index (χ2n) is 8.33. The topological polar surface area (TPSA) is 94.4 Å². The van der Waals surface area contributed by atoms with Crippen LogP contribution in [0.5, 0.6) is 11.5 Å². The van der Waals surface area contributed by atoms with Crippen molar-refractivity contribution < 1.29 is 14.3 Å². The van der Waals surface area contributed by atoms with E-state index in [9.17, 15) is 4.79 Å². The molecule has 0 saturated carbocycles. The average Bonchev–Trinajstić information content (AvgIpc) is 3.23. The molecular weight excluding hydrogens is 420 g/mol. The van der Waals surface area contributed by atoms with E-state index in [-0.39, 0.29) is 12.5 Å². The molecular formula is C24H32N6O3. The zero-order valence-corrected chi connectivity index (χ0v) is 19.6. The van der Waals surface area contributed by atoms with Crippen molar-refractivity contribution in [2.24, 2.45) is 5.92 Å². The van der Waals surface area contributed by atoms with E-state index in [1.807, 2.05) is 32.0 Å². The molecule has 0 spiro atoms. The maximum absolute atomic E-state index is 12.6. The summed E-state index contributed by atoms with van der Waals surface area (Å²) in [6.07, 6.45) is 5.62. The van der Waals surface area contributed by atoms with Gasteiger partial charge in [0.05, 0.1) is 24.8 Å². The van der Waals surface area contributed by atoms with Gasteiger partial charge in [0.15, 0.2) is 17.1 Å². The number of benzene rings is 1. The van der Waals surface area contributed by atoms with Crippen LogP contribution in [-0.2, 0) is 17.9 Å². The summed E-state index contributed by atoms with van der Waals surface area (Å²) in [5, 5.41) is 8.26. The summed E-state index contributed by atoms with van der Waals surface area (Å²) in [4.78, 5) is 23.8. The van der Waals surface area contributed by atoms with E-state index in [2.05, 4.69) is 32.2 Å². The monoisotopic (exact) mass is 452 g/mol. The number of carbonyl (C=O) groups excluding carboxylic acids is 1. The Hall–Kier alpha value is -3.36. The highest BCUT2D eigenvalue weighted by atomic mass is 16.5. The molecule has 0 unspecified atom stereocenters. The third-order valence-electron chi connectivity index (χ3n) is 5.89. The van der Waals surface area contributed by atoms with Crippen molar-refractivity contribution in [2.75, 3.05) is 31.2 Å². The Labute approximate surface area is 194 Å². The number of ether oxygens (including phenoxy) is 2. The van der Waals surface area contributed by atoms with Crippen LogP contribution in [0, 0.1) is 5.92 Å². The third-order valence-corrected chi connectivity index (χ3v) is 5.89. The number of fused-ring (bicyclic) bond motifs is 1. The first kappa shape index (κ1) is 22.8. The number of hydrogen-bond donors (Lipinski definition) is 1. The lowest BCUT2D eigenvalue weighted by atomic mass is 9.99. The average molecular weight is 453 g/mol. The second-order valence-corrected chi connectivity index (χ2v) is 8.33. The van der Waals surface area contributed by atoms with Crippen LogP contribution in [0.2, 0.25) is 0 Å². The summed E-state index contributed by atoms with van der Waals surface area (Å²) in [6, 6.07) is 5.70. The van der Waals surface area contributed by atoms with Crippen molar-refractivity contribution in [2.45, 2.75) is 46.7 Å². The predicted octanol–water partition coefficient (Wildman–Crippen LogP) is 3.18. The van der Waals surface area contributed by atoms with Gasteiger partial charge >= 0.3 is 0 Å². The van der Waals surface area contributed by atoms with Crippen molar-refractivity contribution in [3.05, 3.63) is 36.3 Å². The molecule has 0 radical (unpaired) electrons. The van der Waals surface area contributed by atoms with E-state index in [0.717, 1.165) is 48.6 Å². The summed E-state index contributed by atoms with van der Waals surface area (Å²) in [5.74, 6) is 2.89. The molecule has 1 amide bonds. The summed E-state index contributed by atoms with van der Waals surface area (Å²) in [7, 11) is 0. The van der Waals surface area contributed by atoms with Gasteiger partial charge in [-0.25, -0.2) is 14.6 Å². The molecule has 1 aliphatic heterocycles. The number of carbonyl (C=O) groups is 1. The molecule has 1 N–H and O–H groups in total. The highest BCUT2D eigenvalue weighted by molar-refractivity contribution is 5.87. The van der Waals surface area contributed by atoms with E-state index in [0.29, 0.717) is 36.9 Å². The van der Waals surface area contributed by atoms with Crippen LogP contribution in [-0.4, -0.2) is 52.0 Å². The van der Waals surface area contributed by atoms with Gasteiger partial charge in [0, 0.05) is 19.6 Å². The fourth-order valence-corrected chi connectivity index (χ4v) is 4.07. The SMILES string of the molecule is CCOc1ccc(CNC(=O)Cn2ncc3c(N4CCC(C)CC4)ncnc32)cc1OCC. The molecule has 0 aliphatic carbocycles. The van der Waals surface area contributed by atoms with Crippen LogP contribution in [0.1, 0.15) is 39.2 Å². The number of piperidine rings is 1. The summed E-state index contributed by atoms with van der Waals surface area (Å²) in [6.45, 7) is 9.69. The Morgan fingerprint density at radius 2 is 1.88 bits per heavy atom. The first-order valence-electron chi connectivity index (χ1n) is 11.7. The number of nitrogens with one attached hydrogen (secondary N) is 1. The molecule has 3 aromatic rings. The lowest BCUT2D eigenvalue weighted by Crippen LogP contribution is -2.33. The highest BCUT2D eigenvalue weighted by Gasteiger charge is 2.21. The molecule has 33 heavy (non-hydrogen) atoms. The van der Waals surface area contributed by atoms with E-state index in [4.69, 9.17) is 9.47 Å². The second kappa shape index (κ2) is 10.5. The molecule has 3 heterocycles. The van der Waals surface area contributed by atoms with E-state index in [1.165, 1.54) is 0 Å². The fourth-order valence-electron chi connectivity index (χ4n) is 4.07. The number of rotatable bonds is 9. The zero-order valence-electron chi connectivity index (χ0n) is 19.6. The van der Waals surface area contributed by atoms with Gasteiger partial charge in [-0.2, -0.15) is 5.10 Å². The molecule has 176 valence electrons. The molecule has 1 aromatic carbocycles. The van der Waals surface area contributed by atoms with Gasteiger partial charge in [-0.05, 0) is 50.3 Å². The molecule has 0 atom stereocenters. The molecule has 1 aliphatic rings. The number of aromatic nitrogens is 4. The van der Waals surface area contributed by atoms with Gasteiger partial charge in [0.1, 0.15) is 18.7 Å². The zero-order chi connectivity index (χ0) is 23.2. The molecule has 4 rings (SSSR count). The van der Waals surface area contributed by atoms with Crippen molar-refractivity contribution in [3.8, 4) is 11.5 Å². The van der Waals surface area contributed by atoms with Gasteiger partial charge < -0.3 is 19.7 Å². The van der Waals surface area contributed by atoms with Crippen molar-refractivity contribution in [3.63, 3.8) is 0 Å². The summed E-state index contributed by atoms with van der Waals surface area (Å²) in [5.41, 5.74) is 1.61. The normalized spacial score (nSPS) is 14.5. The molecule has 1 fully saturated rings. The van der Waals surface area contributed by atoms with Gasteiger partial charge in [0.2, 0.25) is 5.91 Å². The Morgan fingerprint density at radius 3 is 2.64 bits per heavy atom. The van der Waals surface area contributed by atoms with Crippen LogP contribution < -0.4 is 19.7 Å². The van der Waals surface area contributed by atoms with Crippen LogP contribution in [0.25, 0.3) is 11.0 Å². The van der Waals surface area contributed by atoms with Gasteiger partial charge in [-0.3, -0.25) is 4.79 Å². The number of anilines is 1. The van der Waals surface area contributed by atoms with Crippen molar-refractivity contribution >= 4 is 22.8 Å². The minimum absolute atomic E-state index is 0.0896. The lowest BCUT2D eigenvalue weighted by Gasteiger charge is -2.31. The molecule has 9 nitrogen and oxygen atoms in total. The molecule has 9 heteroatoms. The predicted molar refractivity (Wildman–Crippen MR) is 127 cm³/mol. The van der Waals surface area contributed by atoms with Gasteiger partial charge in [-0.1, -0.05) is 13.0 Å². The highest BCUT2D eigenvalue weighted by Crippen LogP contribution is 2.29. The maximum atomic E-state index is 12.6. The first-order valence-corrected chi connectivity index (χ1v) is 11.7. The maximum Gasteiger partial charge on any atom is 0.242 e. The van der Waals surface area contributed by atoms with E-state index >= 15 is 0 Å². The Kier molecular flexibility index (Phi) is 7.26. The minimum atomic E-state index is -0.140. The van der Waals surface area contributed by atoms with Crippen LogP contribution >= 0.6 is 0 Å². The van der Waals surface area contributed by atoms with Crippen LogP contribution in [0.4, 0.5) is 5.82 Å². The summed E-state index contributed by atoms with van der Waals surface area (Å²) >= 11 is 0. The standard InChI is InChI=1S/C24H32N6O3/c1-4-32-20-7-6-18(12-21(20)33-5-2)13-25-22(31)15-30-24-19(14-28-30)23(26-16-27-24)29-10-8-17(3)9-11-29/h6-7,12,14,16-17H,4-5,8-11,13,15H2,1-3H3,(H,25,31). The van der Waals surface area contributed by atoms with Gasteiger partial charge in [0.25, 0.3) is 0 Å². The van der Waals surface area contributed by atoms with E-state index < -0.39 is 0 Å². The largest absolute Gasteiger partial charge is 0.490 e. The van der Waals surface area contributed by atoms with Crippen LogP contribution in [0.3, 0.4) is 0 Å².